The van der Waals surface area contributed by atoms with Crippen LogP contribution < -0.4 is 20.3 Å². The highest BCUT2D eigenvalue weighted by molar-refractivity contribution is 9.11. The molecule has 3 rings (SSSR count). The van der Waals surface area contributed by atoms with Crippen LogP contribution >= 0.6 is 31.9 Å². The van der Waals surface area contributed by atoms with Crippen LogP contribution in [0.5, 0.6) is 11.5 Å². The van der Waals surface area contributed by atoms with E-state index in [1.807, 2.05) is 36.4 Å². The van der Waals surface area contributed by atoms with E-state index in [9.17, 15) is 9.59 Å². The lowest BCUT2D eigenvalue weighted by Crippen LogP contribution is -2.45. The van der Waals surface area contributed by atoms with Crippen molar-refractivity contribution in [1.29, 1.82) is 0 Å². The van der Waals surface area contributed by atoms with Gasteiger partial charge in [0.2, 0.25) is 0 Å². The predicted molar refractivity (Wildman–Crippen MR) is 113 cm³/mol. The summed E-state index contributed by atoms with van der Waals surface area (Å²) in [4.78, 5) is 23.6. The number of rotatable bonds is 6. The van der Waals surface area contributed by atoms with Crippen LogP contribution in [0.3, 0.4) is 0 Å². The van der Waals surface area contributed by atoms with Gasteiger partial charge in [-0.3, -0.25) is 20.4 Å². The fourth-order valence-corrected chi connectivity index (χ4v) is 3.51. The molecule has 0 aliphatic heterocycles. The van der Waals surface area contributed by atoms with Crippen molar-refractivity contribution < 1.29 is 19.1 Å². The van der Waals surface area contributed by atoms with E-state index in [0.717, 1.165) is 15.2 Å². The monoisotopic (exact) mass is 506 g/mol. The molecule has 2 amide bonds. The smallest absolute Gasteiger partial charge is 0.276 e. The van der Waals surface area contributed by atoms with Crippen molar-refractivity contribution in [3.63, 3.8) is 0 Å². The molecule has 2 N–H and O–H groups in total. The Kier molecular flexibility index (Phi) is 6.89. The van der Waals surface area contributed by atoms with Gasteiger partial charge in [0.1, 0.15) is 11.5 Å². The molecule has 8 heteroatoms. The quantitative estimate of drug-likeness (QED) is 0.495. The maximum absolute atomic E-state index is 11.8. The Morgan fingerprint density at radius 1 is 0.786 bits per heavy atom. The number of halogens is 2. The van der Waals surface area contributed by atoms with Crippen LogP contribution in [0.15, 0.2) is 69.6 Å². The van der Waals surface area contributed by atoms with E-state index >= 15 is 0 Å². The van der Waals surface area contributed by atoms with Gasteiger partial charge in [-0.2, -0.15) is 0 Å². The number of hydrogen-bond donors (Lipinski definition) is 2. The van der Waals surface area contributed by atoms with Gasteiger partial charge in [-0.15, -0.1) is 0 Å². The molecule has 0 fully saturated rings. The van der Waals surface area contributed by atoms with Crippen LogP contribution in [0.25, 0.3) is 10.8 Å². The van der Waals surface area contributed by atoms with Crippen molar-refractivity contribution in [3.05, 3.63) is 69.6 Å². The Hall–Kier alpha value is -2.58. The summed E-state index contributed by atoms with van der Waals surface area (Å²) in [6.07, 6.45) is 0. The summed E-state index contributed by atoms with van der Waals surface area (Å²) in [6, 6.07) is 18.7. The largest absolute Gasteiger partial charge is 0.484 e. The van der Waals surface area contributed by atoms with Gasteiger partial charge in [0.15, 0.2) is 13.2 Å². The predicted octanol–water partition coefficient (Wildman–Crippen LogP) is 3.97. The summed E-state index contributed by atoms with van der Waals surface area (Å²) in [5.41, 5.74) is 4.57. The summed E-state index contributed by atoms with van der Waals surface area (Å²) in [5, 5.41) is 2.11. The van der Waals surface area contributed by atoms with E-state index in [-0.39, 0.29) is 13.2 Å². The van der Waals surface area contributed by atoms with Gasteiger partial charge >= 0.3 is 0 Å². The van der Waals surface area contributed by atoms with E-state index in [1.54, 1.807) is 24.3 Å². The van der Waals surface area contributed by atoms with Gasteiger partial charge in [0.25, 0.3) is 11.8 Å². The van der Waals surface area contributed by atoms with Gasteiger partial charge < -0.3 is 9.47 Å². The molecular formula is C20H16Br2N2O4. The minimum atomic E-state index is -0.492. The standard InChI is InChI=1S/C20H16Br2N2O4/c21-15-6-8-18(17(22)10-15)28-12-20(26)24-23-19(25)11-27-16-7-5-13-3-1-2-4-14(13)9-16/h1-10H,11-12H2,(H,23,25)(H,24,26). The Morgan fingerprint density at radius 2 is 1.46 bits per heavy atom. The minimum absolute atomic E-state index is 0.224. The summed E-state index contributed by atoms with van der Waals surface area (Å²) < 4.78 is 12.4. The average molecular weight is 508 g/mol. The lowest BCUT2D eigenvalue weighted by molar-refractivity contribution is -0.131. The van der Waals surface area contributed by atoms with Gasteiger partial charge in [0, 0.05) is 4.47 Å². The zero-order valence-corrected chi connectivity index (χ0v) is 17.7. The molecule has 3 aromatic rings. The van der Waals surface area contributed by atoms with E-state index < -0.39 is 11.8 Å². The molecule has 0 spiro atoms. The van der Waals surface area contributed by atoms with Crippen LogP contribution in [0.2, 0.25) is 0 Å². The maximum atomic E-state index is 11.8. The van der Waals surface area contributed by atoms with E-state index in [4.69, 9.17) is 9.47 Å². The topological polar surface area (TPSA) is 76.7 Å². The molecule has 3 aromatic carbocycles. The van der Waals surface area contributed by atoms with Crippen molar-refractivity contribution in [2.45, 2.75) is 0 Å². The Labute approximate surface area is 178 Å². The summed E-state index contributed by atoms with van der Waals surface area (Å²) in [5.74, 6) is 0.119. The lowest BCUT2D eigenvalue weighted by atomic mass is 10.1. The molecule has 0 heterocycles. The third kappa shape index (κ3) is 5.71. The Bertz CT molecular complexity index is 1010. The number of benzene rings is 3. The average Bonchev–Trinajstić information content (AvgIpc) is 2.70. The third-order valence-corrected chi connectivity index (χ3v) is 4.80. The van der Waals surface area contributed by atoms with Crippen molar-refractivity contribution in [2.75, 3.05) is 13.2 Å². The second kappa shape index (κ2) is 9.57. The molecule has 144 valence electrons. The van der Waals surface area contributed by atoms with Crippen LogP contribution in [-0.2, 0) is 9.59 Å². The molecule has 0 unspecified atom stereocenters. The number of nitrogens with one attached hydrogen (secondary N) is 2. The minimum Gasteiger partial charge on any atom is -0.484 e. The highest BCUT2D eigenvalue weighted by Gasteiger charge is 2.08. The second-order valence-electron chi connectivity index (χ2n) is 5.76. The molecule has 0 atom stereocenters. The fourth-order valence-electron chi connectivity index (χ4n) is 2.35. The van der Waals surface area contributed by atoms with Gasteiger partial charge in [-0.1, -0.05) is 46.3 Å². The molecule has 0 aliphatic carbocycles. The van der Waals surface area contributed by atoms with Crippen LogP contribution in [0, 0.1) is 0 Å². The normalized spacial score (nSPS) is 10.4. The first-order valence-electron chi connectivity index (χ1n) is 8.28. The molecule has 0 aromatic heterocycles. The van der Waals surface area contributed by atoms with Crippen molar-refractivity contribution in [3.8, 4) is 11.5 Å². The second-order valence-corrected chi connectivity index (χ2v) is 7.53. The number of ether oxygens (including phenoxy) is 2. The van der Waals surface area contributed by atoms with Crippen molar-refractivity contribution >= 4 is 54.4 Å². The number of carbonyl (C=O) groups is 2. The molecule has 6 nitrogen and oxygen atoms in total. The zero-order chi connectivity index (χ0) is 19.9. The van der Waals surface area contributed by atoms with Crippen molar-refractivity contribution in [1.82, 2.24) is 10.9 Å². The van der Waals surface area contributed by atoms with Crippen molar-refractivity contribution in [2.24, 2.45) is 0 Å². The van der Waals surface area contributed by atoms with Crippen LogP contribution in [-0.4, -0.2) is 25.0 Å². The number of carbonyl (C=O) groups excluding carboxylic acids is 2. The SMILES string of the molecule is O=C(COc1ccc2ccccc2c1)NNC(=O)COc1ccc(Br)cc1Br. The van der Waals surface area contributed by atoms with E-state index in [0.29, 0.717) is 16.0 Å². The number of hydrogen-bond acceptors (Lipinski definition) is 4. The molecule has 0 bridgehead atoms. The Morgan fingerprint density at radius 3 is 2.18 bits per heavy atom. The first-order chi connectivity index (χ1) is 13.5. The first-order valence-corrected chi connectivity index (χ1v) is 9.87. The molecule has 0 radical (unpaired) electrons. The first kappa shape index (κ1) is 20.2. The van der Waals surface area contributed by atoms with Crippen LogP contribution in [0.1, 0.15) is 0 Å². The summed E-state index contributed by atoms with van der Waals surface area (Å²) in [6.45, 7) is -0.468. The number of amides is 2. The molecule has 28 heavy (non-hydrogen) atoms. The molecule has 0 aliphatic rings. The molecular weight excluding hydrogens is 492 g/mol. The lowest BCUT2D eigenvalue weighted by Gasteiger charge is -2.11. The number of hydrazine groups is 1. The molecule has 0 saturated carbocycles. The summed E-state index contributed by atoms with van der Waals surface area (Å²) >= 11 is 6.68. The van der Waals surface area contributed by atoms with E-state index in [2.05, 4.69) is 42.7 Å². The third-order valence-electron chi connectivity index (χ3n) is 3.68. The summed E-state index contributed by atoms with van der Waals surface area (Å²) in [7, 11) is 0. The van der Waals surface area contributed by atoms with E-state index in [1.165, 1.54) is 0 Å². The molecule has 0 saturated heterocycles. The highest BCUT2D eigenvalue weighted by Crippen LogP contribution is 2.28. The Balaban J connectivity index is 1.41. The zero-order valence-electron chi connectivity index (χ0n) is 14.6. The highest BCUT2D eigenvalue weighted by atomic mass is 79.9. The van der Waals surface area contributed by atoms with Crippen LogP contribution in [0.4, 0.5) is 0 Å². The van der Waals surface area contributed by atoms with Gasteiger partial charge in [-0.05, 0) is 57.0 Å². The number of fused-ring (bicyclic) bond motifs is 1. The fraction of sp³-hybridized carbons (Fsp3) is 0.100. The van der Waals surface area contributed by atoms with Gasteiger partial charge in [-0.25, -0.2) is 0 Å². The maximum Gasteiger partial charge on any atom is 0.276 e. The van der Waals surface area contributed by atoms with Gasteiger partial charge in [0.05, 0.1) is 4.47 Å².